The van der Waals surface area contributed by atoms with Crippen LogP contribution < -0.4 is 15.6 Å². The van der Waals surface area contributed by atoms with Crippen LogP contribution >= 0.6 is 0 Å². The van der Waals surface area contributed by atoms with E-state index in [9.17, 15) is 9.59 Å². The molecule has 2 aromatic carbocycles. The van der Waals surface area contributed by atoms with Crippen molar-refractivity contribution in [3.8, 4) is 5.75 Å². The molecule has 7 nitrogen and oxygen atoms in total. The molecule has 3 aromatic rings. The average molecular weight is 366 g/mol. The summed E-state index contributed by atoms with van der Waals surface area (Å²) in [6, 6.07) is 14.3. The van der Waals surface area contributed by atoms with E-state index in [0.29, 0.717) is 23.2 Å². The Bertz CT molecular complexity index is 984. The highest BCUT2D eigenvalue weighted by Gasteiger charge is 2.08. The molecule has 27 heavy (non-hydrogen) atoms. The molecule has 0 bridgehead atoms. The molecule has 0 atom stereocenters. The van der Waals surface area contributed by atoms with Crippen LogP contribution in [-0.2, 0) is 11.3 Å². The topological polar surface area (TPSA) is 86.1 Å². The van der Waals surface area contributed by atoms with Crippen LogP contribution in [0.4, 0.5) is 5.69 Å². The van der Waals surface area contributed by atoms with E-state index in [0.717, 1.165) is 18.6 Å². The molecule has 0 fully saturated rings. The minimum atomic E-state index is -0.250. The molecule has 1 amide bonds. The van der Waals surface area contributed by atoms with Crippen LogP contribution in [0.2, 0.25) is 0 Å². The van der Waals surface area contributed by atoms with Crippen LogP contribution in [0.5, 0.6) is 5.75 Å². The summed E-state index contributed by atoms with van der Waals surface area (Å²) in [7, 11) is 0. The summed E-state index contributed by atoms with van der Waals surface area (Å²) in [5.74, 6) is 0.514. The van der Waals surface area contributed by atoms with E-state index in [1.165, 1.54) is 4.68 Å². The minimum Gasteiger partial charge on any atom is -0.494 e. The third-order valence-electron chi connectivity index (χ3n) is 4.06. The fourth-order valence-corrected chi connectivity index (χ4v) is 2.60. The van der Waals surface area contributed by atoms with Gasteiger partial charge in [-0.2, -0.15) is 0 Å². The lowest BCUT2D eigenvalue weighted by atomic mass is 10.2. The molecule has 1 aromatic heterocycles. The molecule has 0 saturated heterocycles. The smallest absolute Gasteiger partial charge is 0.277 e. The largest absolute Gasteiger partial charge is 0.494 e. The molecule has 0 aliphatic heterocycles. The van der Waals surface area contributed by atoms with Crippen molar-refractivity contribution in [3.63, 3.8) is 0 Å². The number of hydrogen-bond acceptors (Lipinski definition) is 5. The highest BCUT2D eigenvalue weighted by atomic mass is 16.5. The minimum absolute atomic E-state index is 0.119. The second kappa shape index (κ2) is 8.93. The molecule has 0 aliphatic carbocycles. The number of nitrogens with one attached hydrogen (secondary N) is 1. The third-order valence-corrected chi connectivity index (χ3v) is 4.06. The van der Waals surface area contributed by atoms with E-state index in [1.807, 2.05) is 12.1 Å². The highest BCUT2D eigenvalue weighted by molar-refractivity contribution is 5.90. The Hall–Kier alpha value is -3.22. The number of carbonyl (C=O) groups excluding carboxylic acids is 1. The first kappa shape index (κ1) is 18.6. The van der Waals surface area contributed by atoms with Crippen molar-refractivity contribution < 1.29 is 9.53 Å². The van der Waals surface area contributed by atoms with Crippen LogP contribution in [-0.4, -0.2) is 27.5 Å². The molecule has 0 unspecified atom stereocenters. The quantitative estimate of drug-likeness (QED) is 0.619. The average Bonchev–Trinajstić information content (AvgIpc) is 2.68. The highest BCUT2D eigenvalue weighted by Crippen LogP contribution is 2.18. The van der Waals surface area contributed by atoms with Gasteiger partial charge in [0.15, 0.2) is 0 Å². The molecule has 140 valence electrons. The summed E-state index contributed by atoms with van der Waals surface area (Å²) in [4.78, 5) is 24.6. The summed E-state index contributed by atoms with van der Waals surface area (Å²) in [5, 5.41) is 11.2. The number of anilines is 1. The lowest BCUT2D eigenvalue weighted by molar-refractivity contribution is -0.116. The van der Waals surface area contributed by atoms with Crippen molar-refractivity contribution in [3.05, 3.63) is 58.9 Å². The summed E-state index contributed by atoms with van der Waals surface area (Å²) >= 11 is 0. The van der Waals surface area contributed by atoms with E-state index < -0.39 is 0 Å². The van der Waals surface area contributed by atoms with Crippen LogP contribution in [0, 0.1) is 0 Å². The SMILES string of the molecule is CCCCOc1cccc(NC(=O)CCn2nnc3ccccc3c2=O)c1. The first-order valence-corrected chi connectivity index (χ1v) is 9.02. The Labute approximate surface area is 157 Å². The van der Waals surface area contributed by atoms with Gasteiger partial charge in [-0.05, 0) is 30.7 Å². The molecule has 0 spiro atoms. The third kappa shape index (κ3) is 4.91. The molecule has 1 heterocycles. The van der Waals surface area contributed by atoms with Gasteiger partial charge in [0, 0.05) is 18.2 Å². The predicted octanol–water partition coefficient (Wildman–Crippen LogP) is 3.00. The molecule has 7 heteroatoms. The lowest BCUT2D eigenvalue weighted by Crippen LogP contribution is -2.26. The number of carbonyl (C=O) groups is 1. The number of unbranched alkanes of at least 4 members (excludes halogenated alkanes) is 1. The fourth-order valence-electron chi connectivity index (χ4n) is 2.60. The number of aryl methyl sites for hydroxylation is 1. The maximum absolute atomic E-state index is 12.4. The molecular formula is C20H22N4O3. The molecule has 0 aliphatic rings. The Kier molecular flexibility index (Phi) is 6.14. The second-order valence-corrected chi connectivity index (χ2v) is 6.16. The zero-order valence-corrected chi connectivity index (χ0v) is 15.2. The fraction of sp³-hybridized carbons (Fsp3) is 0.300. The predicted molar refractivity (Wildman–Crippen MR) is 104 cm³/mol. The van der Waals surface area contributed by atoms with Crippen molar-refractivity contribution in [1.82, 2.24) is 15.0 Å². The van der Waals surface area contributed by atoms with Gasteiger partial charge >= 0.3 is 0 Å². The number of aromatic nitrogens is 3. The zero-order chi connectivity index (χ0) is 19.1. The van der Waals surface area contributed by atoms with Crippen LogP contribution in [0.15, 0.2) is 53.3 Å². The first-order chi connectivity index (χ1) is 13.2. The van der Waals surface area contributed by atoms with Gasteiger partial charge in [0.1, 0.15) is 11.3 Å². The van der Waals surface area contributed by atoms with Crippen LogP contribution in [0.3, 0.4) is 0 Å². The molecular weight excluding hydrogens is 344 g/mol. The Morgan fingerprint density at radius 2 is 2.04 bits per heavy atom. The number of ether oxygens (including phenoxy) is 1. The second-order valence-electron chi connectivity index (χ2n) is 6.16. The summed E-state index contributed by atoms with van der Waals surface area (Å²) in [6.07, 6.45) is 2.17. The van der Waals surface area contributed by atoms with Crippen LogP contribution in [0.1, 0.15) is 26.2 Å². The van der Waals surface area contributed by atoms with Crippen molar-refractivity contribution in [2.24, 2.45) is 0 Å². The van der Waals surface area contributed by atoms with Gasteiger partial charge in [-0.15, -0.1) is 5.10 Å². The number of rotatable bonds is 8. The maximum Gasteiger partial charge on any atom is 0.277 e. The normalized spacial score (nSPS) is 10.7. The lowest BCUT2D eigenvalue weighted by Gasteiger charge is -2.09. The standard InChI is InChI=1S/C20H22N4O3/c1-2-3-13-27-16-8-6-7-15(14-16)21-19(25)11-12-24-20(26)17-9-4-5-10-18(17)22-23-24/h4-10,14H,2-3,11-13H2,1H3,(H,21,25). The molecule has 1 N–H and O–H groups in total. The zero-order valence-electron chi connectivity index (χ0n) is 15.2. The van der Waals surface area contributed by atoms with Gasteiger partial charge in [-0.1, -0.05) is 36.8 Å². The number of amides is 1. The van der Waals surface area contributed by atoms with E-state index in [2.05, 4.69) is 22.6 Å². The van der Waals surface area contributed by atoms with Crippen molar-refractivity contribution in [2.75, 3.05) is 11.9 Å². The van der Waals surface area contributed by atoms with Gasteiger partial charge in [0.2, 0.25) is 5.91 Å². The van der Waals surface area contributed by atoms with E-state index in [1.54, 1.807) is 36.4 Å². The van der Waals surface area contributed by atoms with Crippen molar-refractivity contribution >= 4 is 22.5 Å². The summed E-state index contributed by atoms with van der Waals surface area (Å²) in [6.45, 7) is 2.91. The molecule has 0 radical (unpaired) electrons. The van der Waals surface area contributed by atoms with Crippen molar-refractivity contribution in [2.45, 2.75) is 32.7 Å². The number of nitrogens with zero attached hydrogens (tertiary/aromatic N) is 3. The first-order valence-electron chi connectivity index (χ1n) is 9.02. The van der Waals surface area contributed by atoms with Gasteiger partial charge < -0.3 is 10.1 Å². The number of fused-ring (bicyclic) bond motifs is 1. The Morgan fingerprint density at radius 1 is 1.19 bits per heavy atom. The van der Waals surface area contributed by atoms with Gasteiger partial charge in [-0.25, -0.2) is 4.68 Å². The monoisotopic (exact) mass is 366 g/mol. The van der Waals surface area contributed by atoms with Gasteiger partial charge in [0.05, 0.1) is 18.5 Å². The van der Waals surface area contributed by atoms with Crippen LogP contribution in [0.25, 0.3) is 10.9 Å². The Balaban J connectivity index is 1.59. The number of benzene rings is 2. The van der Waals surface area contributed by atoms with E-state index >= 15 is 0 Å². The summed E-state index contributed by atoms with van der Waals surface area (Å²) in [5.41, 5.74) is 0.953. The molecule has 0 saturated carbocycles. The number of hydrogen-bond donors (Lipinski definition) is 1. The van der Waals surface area contributed by atoms with E-state index in [-0.39, 0.29) is 24.4 Å². The Morgan fingerprint density at radius 3 is 2.89 bits per heavy atom. The van der Waals surface area contributed by atoms with Gasteiger partial charge in [-0.3, -0.25) is 9.59 Å². The summed E-state index contributed by atoms with van der Waals surface area (Å²) < 4.78 is 6.85. The molecule has 3 rings (SSSR count). The van der Waals surface area contributed by atoms with E-state index in [4.69, 9.17) is 4.74 Å². The van der Waals surface area contributed by atoms with Gasteiger partial charge in [0.25, 0.3) is 5.56 Å². The van der Waals surface area contributed by atoms with Crippen molar-refractivity contribution in [1.29, 1.82) is 0 Å². The maximum atomic E-state index is 12.4.